The van der Waals surface area contributed by atoms with Gasteiger partial charge in [0.15, 0.2) is 0 Å². The molecule has 1 heterocycles. The van der Waals surface area contributed by atoms with E-state index in [4.69, 9.17) is 19.8 Å². The van der Waals surface area contributed by atoms with Gasteiger partial charge >= 0.3 is 5.97 Å². The molecule has 0 radical (unpaired) electrons. The molecule has 0 atom stereocenters. The predicted molar refractivity (Wildman–Crippen MR) is 99.6 cm³/mol. The maximum Gasteiger partial charge on any atom is 0.309 e. The smallest absolute Gasteiger partial charge is 0.309 e. The lowest BCUT2D eigenvalue weighted by Crippen LogP contribution is -2.49. The van der Waals surface area contributed by atoms with Crippen molar-refractivity contribution in [3.05, 3.63) is 58.7 Å². The molecule has 2 aromatic carbocycles. The summed E-state index contributed by atoms with van der Waals surface area (Å²) >= 11 is 0. The molecule has 2 aromatic rings. The lowest BCUT2D eigenvalue weighted by molar-refractivity contribution is -0.147. The Labute approximate surface area is 158 Å². The van der Waals surface area contributed by atoms with Crippen LogP contribution >= 0.6 is 0 Å². The number of methoxy groups -OCH3 is 1. The van der Waals surface area contributed by atoms with E-state index < -0.39 is 5.97 Å². The maximum atomic E-state index is 10.9. The van der Waals surface area contributed by atoms with Crippen molar-refractivity contribution in [2.75, 3.05) is 20.2 Å². The van der Waals surface area contributed by atoms with Gasteiger partial charge in [0.25, 0.3) is 0 Å². The average molecular weight is 366 g/mol. The van der Waals surface area contributed by atoms with Gasteiger partial charge < -0.3 is 14.6 Å². The van der Waals surface area contributed by atoms with E-state index in [2.05, 4.69) is 11.0 Å². The summed E-state index contributed by atoms with van der Waals surface area (Å²) in [6.07, 6.45) is 0. The number of hydrogen-bond donors (Lipinski definition) is 1. The van der Waals surface area contributed by atoms with Crippen LogP contribution in [0.1, 0.15) is 22.3 Å². The number of aryl methyl sites for hydroxylation is 1. The highest BCUT2D eigenvalue weighted by Gasteiger charge is 2.32. The molecular weight excluding hydrogens is 344 g/mol. The molecule has 1 saturated heterocycles. The van der Waals surface area contributed by atoms with Crippen molar-refractivity contribution in [2.24, 2.45) is 5.92 Å². The summed E-state index contributed by atoms with van der Waals surface area (Å²) in [5, 5.41) is 18.1. The number of benzene rings is 2. The van der Waals surface area contributed by atoms with E-state index in [0.29, 0.717) is 31.0 Å². The van der Waals surface area contributed by atoms with Crippen molar-refractivity contribution in [3.8, 4) is 17.6 Å². The van der Waals surface area contributed by atoms with Crippen LogP contribution in [0.3, 0.4) is 0 Å². The third kappa shape index (κ3) is 4.39. The molecule has 6 heteroatoms. The molecule has 1 aliphatic rings. The lowest BCUT2D eigenvalue weighted by atomic mass is 9.98. The molecule has 3 rings (SSSR count). The largest absolute Gasteiger partial charge is 0.495 e. The van der Waals surface area contributed by atoms with Crippen LogP contribution in [0.2, 0.25) is 0 Å². The monoisotopic (exact) mass is 366 g/mol. The third-order valence-corrected chi connectivity index (χ3v) is 4.80. The van der Waals surface area contributed by atoms with Crippen LogP contribution in [0.25, 0.3) is 0 Å². The van der Waals surface area contributed by atoms with Gasteiger partial charge in [0.05, 0.1) is 18.6 Å². The molecule has 1 aliphatic heterocycles. The lowest BCUT2D eigenvalue weighted by Gasteiger charge is -2.36. The van der Waals surface area contributed by atoms with Crippen molar-refractivity contribution < 1.29 is 19.4 Å². The first-order chi connectivity index (χ1) is 13.0. The van der Waals surface area contributed by atoms with Crippen molar-refractivity contribution in [1.29, 1.82) is 5.26 Å². The second-order valence-corrected chi connectivity index (χ2v) is 6.75. The summed E-state index contributed by atoms with van der Waals surface area (Å²) in [6.45, 7) is 4.35. The number of carbonyl (C=O) groups is 1. The predicted octanol–water partition coefficient (Wildman–Crippen LogP) is 2.97. The van der Waals surface area contributed by atoms with Gasteiger partial charge in [-0.05, 0) is 47.9 Å². The number of carboxylic acid groups (broad SMARTS) is 1. The van der Waals surface area contributed by atoms with Crippen LogP contribution in [0.5, 0.6) is 11.5 Å². The van der Waals surface area contributed by atoms with Crippen LogP contribution in [-0.2, 0) is 17.9 Å². The molecule has 6 nitrogen and oxygen atoms in total. The SMILES string of the molecule is COc1ccc(COc2ccc(CN3CC(C(=O)O)C3)c(C)c2)cc1C#N. The van der Waals surface area contributed by atoms with Crippen LogP contribution in [0.15, 0.2) is 36.4 Å². The standard InChI is InChI=1S/C21H22N2O4/c1-14-7-19(5-4-16(14)10-23-11-18(12-23)21(24)25)27-13-15-3-6-20(26-2)17(8-15)9-22/h3-8,18H,10-13H2,1-2H3,(H,24,25). The first-order valence-corrected chi connectivity index (χ1v) is 8.74. The minimum absolute atomic E-state index is 0.240. The van der Waals surface area contributed by atoms with Crippen LogP contribution < -0.4 is 9.47 Å². The molecule has 0 aromatic heterocycles. The summed E-state index contributed by atoms with van der Waals surface area (Å²) in [6, 6.07) is 13.5. The topological polar surface area (TPSA) is 82.8 Å². The van der Waals surface area contributed by atoms with Crippen molar-refractivity contribution >= 4 is 5.97 Å². The van der Waals surface area contributed by atoms with E-state index >= 15 is 0 Å². The second kappa shape index (κ2) is 8.11. The Kier molecular flexibility index (Phi) is 5.63. The number of aliphatic carboxylic acids is 1. The van der Waals surface area contributed by atoms with E-state index in [9.17, 15) is 4.79 Å². The number of rotatable bonds is 7. The van der Waals surface area contributed by atoms with Crippen LogP contribution in [0.4, 0.5) is 0 Å². The highest BCUT2D eigenvalue weighted by Crippen LogP contribution is 2.24. The molecule has 0 aliphatic carbocycles. The van der Waals surface area contributed by atoms with Gasteiger partial charge in [0.1, 0.15) is 24.2 Å². The Balaban J connectivity index is 1.58. The minimum Gasteiger partial charge on any atom is -0.495 e. The van der Waals surface area contributed by atoms with Gasteiger partial charge in [0.2, 0.25) is 0 Å². The van der Waals surface area contributed by atoms with Gasteiger partial charge in [0, 0.05) is 19.6 Å². The summed E-state index contributed by atoms with van der Waals surface area (Å²) in [4.78, 5) is 13.0. The summed E-state index contributed by atoms with van der Waals surface area (Å²) < 4.78 is 11.0. The molecule has 140 valence electrons. The van der Waals surface area contributed by atoms with Crippen molar-refractivity contribution in [3.63, 3.8) is 0 Å². The molecule has 1 N–H and O–H groups in total. The van der Waals surface area contributed by atoms with E-state index in [0.717, 1.165) is 23.4 Å². The number of nitriles is 1. The molecule has 0 bridgehead atoms. The molecule has 0 spiro atoms. The Morgan fingerprint density at radius 2 is 2.07 bits per heavy atom. The highest BCUT2D eigenvalue weighted by molar-refractivity contribution is 5.71. The quantitative estimate of drug-likeness (QED) is 0.811. The van der Waals surface area contributed by atoms with E-state index in [1.807, 2.05) is 31.2 Å². The molecular formula is C21H22N2O4. The van der Waals surface area contributed by atoms with Gasteiger partial charge in [-0.25, -0.2) is 0 Å². The zero-order valence-corrected chi connectivity index (χ0v) is 15.4. The third-order valence-electron chi connectivity index (χ3n) is 4.80. The van der Waals surface area contributed by atoms with Crippen molar-refractivity contribution in [1.82, 2.24) is 4.90 Å². The molecule has 0 saturated carbocycles. The Bertz CT molecular complexity index is 882. The van der Waals surface area contributed by atoms with Crippen LogP contribution in [-0.4, -0.2) is 36.2 Å². The fourth-order valence-corrected chi connectivity index (χ4v) is 3.13. The zero-order chi connectivity index (χ0) is 19.4. The Morgan fingerprint density at radius 1 is 1.30 bits per heavy atom. The second-order valence-electron chi connectivity index (χ2n) is 6.75. The summed E-state index contributed by atoms with van der Waals surface area (Å²) in [5.41, 5.74) is 3.66. The molecule has 1 fully saturated rings. The van der Waals surface area contributed by atoms with E-state index in [1.54, 1.807) is 19.2 Å². The van der Waals surface area contributed by atoms with Gasteiger partial charge in [-0.15, -0.1) is 0 Å². The van der Waals surface area contributed by atoms with Gasteiger partial charge in [-0.3, -0.25) is 9.69 Å². The number of carboxylic acids is 1. The van der Waals surface area contributed by atoms with E-state index in [-0.39, 0.29) is 5.92 Å². The number of hydrogen-bond acceptors (Lipinski definition) is 5. The number of ether oxygens (including phenoxy) is 2. The van der Waals surface area contributed by atoms with Gasteiger partial charge in [-0.2, -0.15) is 5.26 Å². The zero-order valence-electron chi connectivity index (χ0n) is 15.4. The number of likely N-dealkylation sites (tertiary alicyclic amines) is 1. The molecule has 0 amide bonds. The fraction of sp³-hybridized carbons (Fsp3) is 0.333. The Hall–Kier alpha value is -3.04. The maximum absolute atomic E-state index is 10.9. The van der Waals surface area contributed by atoms with Gasteiger partial charge in [-0.1, -0.05) is 12.1 Å². The summed E-state index contributed by atoms with van der Waals surface area (Å²) in [7, 11) is 1.54. The number of nitrogens with zero attached hydrogens (tertiary/aromatic N) is 2. The Morgan fingerprint density at radius 3 is 2.70 bits per heavy atom. The average Bonchev–Trinajstić information content (AvgIpc) is 2.63. The van der Waals surface area contributed by atoms with E-state index in [1.165, 1.54) is 5.56 Å². The summed E-state index contributed by atoms with van der Waals surface area (Å²) in [5.74, 6) is 0.357. The van der Waals surface area contributed by atoms with Crippen LogP contribution in [0, 0.1) is 24.2 Å². The first-order valence-electron chi connectivity index (χ1n) is 8.74. The first kappa shape index (κ1) is 18.7. The molecule has 27 heavy (non-hydrogen) atoms. The highest BCUT2D eigenvalue weighted by atomic mass is 16.5. The fourth-order valence-electron chi connectivity index (χ4n) is 3.13. The minimum atomic E-state index is -0.718. The molecule has 0 unspecified atom stereocenters. The normalized spacial score (nSPS) is 14.3. The van der Waals surface area contributed by atoms with Crippen molar-refractivity contribution in [2.45, 2.75) is 20.1 Å².